The van der Waals surface area contributed by atoms with Gasteiger partial charge in [-0.2, -0.15) is 5.01 Å². The van der Waals surface area contributed by atoms with Gasteiger partial charge in [0.2, 0.25) is 0 Å². The number of hydrazine groups is 1. The molecule has 1 aliphatic carbocycles. The van der Waals surface area contributed by atoms with Gasteiger partial charge in [0.05, 0.1) is 16.8 Å². The highest BCUT2D eigenvalue weighted by atomic mass is 19.1. The van der Waals surface area contributed by atoms with Gasteiger partial charge in [0.25, 0.3) is 23.4 Å². The first-order chi connectivity index (χ1) is 16.2. The summed E-state index contributed by atoms with van der Waals surface area (Å²) in [5.74, 6) is -4.43. The number of hydrogen-bond donors (Lipinski definition) is 0. The van der Waals surface area contributed by atoms with Crippen LogP contribution >= 0.6 is 0 Å². The normalized spacial score (nSPS) is 21.8. The lowest BCUT2D eigenvalue weighted by Crippen LogP contribution is -2.52. The van der Waals surface area contributed by atoms with Crippen LogP contribution in [-0.4, -0.2) is 45.0 Å². The van der Waals surface area contributed by atoms with E-state index in [1.165, 1.54) is 30.3 Å². The molecule has 9 nitrogen and oxygen atoms in total. The SMILES string of the molecule is C[C@@H]1CC[C@@H]2C(=O)N(N(CC(=O)c3ccc(F)cc3)C(=O)c3ccccc3[N+](=O)[O-])C(=O)[C@@H]2C1. The van der Waals surface area contributed by atoms with Crippen LogP contribution in [-0.2, 0) is 9.59 Å². The summed E-state index contributed by atoms with van der Waals surface area (Å²) in [6.45, 7) is 1.26. The first kappa shape index (κ1) is 23.2. The van der Waals surface area contributed by atoms with Crippen LogP contribution in [0.15, 0.2) is 48.5 Å². The summed E-state index contributed by atoms with van der Waals surface area (Å²) in [6, 6.07) is 9.71. The molecule has 3 amide bonds. The van der Waals surface area contributed by atoms with Gasteiger partial charge in [-0.15, -0.1) is 0 Å². The fourth-order valence-corrected chi connectivity index (χ4v) is 4.66. The molecule has 1 saturated heterocycles. The fourth-order valence-electron chi connectivity index (χ4n) is 4.66. The summed E-state index contributed by atoms with van der Waals surface area (Å²) >= 11 is 0. The molecule has 4 rings (SSSR count). The van der Waals surface area contributed by atoms with E-state index in [-0.39, 0.29) is 17.0 Å². The molecular formula is C24H22FN3O6. The first-order valence-electron chi connectivity index (χ1n) is 10.9. The number of amides is 3. The number of ketones is 1. The molecule has 1 heterocycles. The molecule has 1 aliphatic heterocycles. The van der Waals surface area contributed by atoms with Gasteiger partial charge < -0.3 is 0 Å². The number of hydrogen-bond acceptors (Lipinski definition) is 6. The summed E-state index contributed by atoms with van der Waals surface area (Å²) in [7, 11) is 0. The molecule has 1 saturated carbocycles. The topological polar surface area (TPSA) is 118 Å². The molecule has 2 aromatic carbocycles. The molecule has 0 aromatic heterocycles. The lowest BCUT2D eigenvalue weighted by atomic mass is 9.76. The van der Waals surface area contributed by atoms with Crippen molar-refractivity contribution in [2.45, 2.75) is 26.2 Å². The van der Waals surface area contributed by atoms with E-state index < -0.39 is 58.3 Å². The summed E-state index contributed by atoms with van der Waals surface area (Å²) < 4.78 is 13.3. The highest BCUT2D eigenvalue weighted by molar-refractivity contribution is 6.10. The second-order valence-electron chi connectivity index (χ2n) is 8.69. The second kappa shape index (κ2) is 9.12. The van der Waals surface area contributed by atoms with E-state index in [0.29, 0.717) is 22.9 Å². The molecular weight excluding hydrogens is 445 g/mol. The molecule has 0 radical (unpaired) electrons. The van der Waals surface area contributed by atoms with Crippen molar-refractivity contribution >= 4 is 29.2 Å². The summed E-state index contributed by atoms with van der Waals surface area (Å²) in [6.07, 6.45) is 1.71. The van der Waals surface area contributed by atoms with Crippen molar-refractivity contribution in [1.82, 2.24) is 10.0 Å². The largest absolute Gasteiger partial charge is 0.292 e. The number of fused-ring (bicyclic) bond motifs is 1. The number of benzene rings is 2. The van der Waals surface area contributed by atoms with Gasteiger partial charge in [-0.25, -0.2) is 9.40 Å². The monoisotopic (exact) mass is 467 g/mol. The predicted octanol–water partition coefficient (Wildman–Crippen LogP) is 3.40. The van der Waals surface area contributed by atoms with Crippen LogP contribution in [0.2, 0.25) is 0 Å². The van der Waals surface area contributed by atoms with Gasteiger partial charge in [0, 0.05) is 11.6 Å². The van der Waals surface area contributed by atoms with Crippen molar-refractivity contribution in [2.24, 2.45) is 17.8 Å². The van der Waals surface area contributed by atoms with Crippen molar-refractivity contribution in [1.29, 1.82) is 0 Å². The quantitative estimate of drug-likeness (QED) is 0.278. The number of halogens is 1. The Hall–Kier alpha value is -3.95. The summed E-state index contributed by atoms with van der Waals surface area (Å²) in [4.78, 5) is 63.7. The number of para-hydroxylation sites is 1. The van der Waals surface area contributed by atoms with Crippen LogP contribution in [0.3, 0.4) is 0 Å². The van der Waals surface area contributed by atoms with Crippen molar-refractivity contribution in [2.75, 3.05) is 6.54 Å². The number of carbonyl (C=O) groups excluding carboxylic acids is 4. The van der Waals surface area contributed by atoms with Gasteiger partial charge in [-0.05, 0) is 55.5 Å². The molecule has 34 heavy (non-hydrogen) atoms. The minimum absolute atomic E-state index is 0.0619. The zero-order chi connectivity index (χ0) is 24.6. The molecule has 0 unspecified atom stereocenters. The third-order valence-electron chi connectivity index (χ3n) is 6.43. The molecule has 2 aliphatic rings. The number of nitrogens with zero attached hydrogens (tertiary/aromatic N) is 3. The molecule has 3 atom stereocenters. The minimum atomic E-state index is -1.02. The number of carbonyl (C=O) groups is 4. The van der Waals surface area contributed by atoms with Crippen molar-refractivity contribution in [3.8, 4) is 0 Å². The number of Topliss-reactive ketones (excluding diaryl/α,β-unsaturated/α-hetero) is 1. The number of rotatable bonds is 6. The molecule has 176 valence electrons. The van der Waals surface area contributed by atoms with E-state index in [1.807, 2.05) is 6.92 Å². The van der Waals surface area contributed by atoms with Crippen LogP contribution in [0.1, 0.15) is 46.9 Å². The third kappa shape index (κ3) is 4.18. The Balaban J connectivity index is 1.74. The molecule has 10 heteroatoms. The zero-order valence-corrected chi connectivity index (χ0v) is 18.3. The van der Waals surface area contributed by atoms with E-state index in [0.717, 1.165) is 24.6 Å². The molecule has 2 fully saturated rings. The Kier molecular flexibility index (Phi) is 6.23. The fraction of sp³-hybridized carbons (Fsp3) is 0.333. The van der Waals surface area contributed by atoms with Gasteiger partial charge in [-0.3, -0.25) is 29.3 Å². The van der Waals surface area contributed by atoms with Gasteiger partial charge in [0.1, 0.15) is 17.9 Å². The van der Waals surface area contributed by atoms with Crippen LogP contribution < -0.4 is 0 Å². The summed E-state index contributed by atoms with van der Waals surface area (Å²) in [5.41, 5.74) is -0.813. The standard InChI is InChI=1S/C24H22FN3O6/c1-14-6-11-17-19(12-14)24(32)27(23(17)31)26(13-21(29)15-7-9-16(25)10-8-15)22(30)18-4-2-3-5-20(18)28(33)34/h2-5,7-10,14,17,19H,6,11-13H2,1H3/t14-,17+,19-/m1/s1. The average molecular weight is 467 g/mol. The van der Waals surface area contributed by atoms with Gasteiger partial charge in [-0.1, -0.05) is 19.1 Å². The van der Waals surface area contributed by atoms with E-state index in [1.54, 1.807) is 0 Å². The zero-order valence-electron chi connectivity index (χ0n) is 18.3. The number of imide groups is 1. The number of nitro groups is 1. The van der Waals surface area contributed by atoms with Crippen LogP contribution in [0.4, 0.5) is 10.1 Å². The highest BCUT2D eigenvalue weighted by Gasteiger charge is 2.53. The maximum absolute atomic E-state index is 13.5. The van der Waals surface area contributed by atoms with Crippen molar-refractivity contribution in [3.05, 3.63) is 75.6 Å². The number of nitro benzene ring substituents is 1. The Morgan fingerprint density at radius 1 is 1.06 bits per heavy atom. The molecule has 0 N–H and O–H groups in total. The van der Waals surface area contributed by atoms with Crippen LogP contribution in [0, 0.1) is 33.7 Å². The lowest BCUT2D eigenvalue weighted by Gasteiger charge is -2.30. The van der Waals surface area contributed by atoms with E-state index >= 15 is 0 Å². The Morgan fingerprint density at radius 3 is 2.38 bits per heavy atom. The lowest BCUT2D eigenvalue weighted by molar-refractivity contribution is -0.385. The Labute approximate surface area is 194 Å². The summed E-state index contributed by atoms with van der Waals surface area (Å²) in [5, 5.41) is 12.9. The van der Waals surface area contributed by atoms with Crippen LogP contribution in [0.5, 0.6) is 0 Å². The Bertz CT molecular complexity index is 1180. The Morgan fingerprint density at radius 2 is 1.71 bits per heavy atom. The second-order valence-corrected chi connectivity index (χ2v) is 8.69. The third-order valence-corrected chi connectivity index (χ3v) is 6.43. The van der Waals surface area contributed by atoms with E-state index in [9.17, 15) is 33.7 Å². The van der Waals surface area contributed by atoms with Crippen molar-refractivity contribution in [3.63, 3.8) is 0 Å². The predicted molar refractivity (Wildman–Crippen MR) is 117 cm³/mol. The molecule has 0 spiro atoms. The molecule has 0 bridgehead atoms. The maximum atomic E-state index is 13.5. The highest BCUT2D eigenvalue weighted by Crippen LogP contribution is 2.41. The van der Waals surface area contributed by atoms with Gasteiger partial charge >= 0.3 is 0 Å². The average Bonchev–Trinajstić information content (AvgIpc) is 3.06. The molecule has 2 aromatic rings. The first-order valence-corrected chi connectivity index (χ1v) is 10.9. The van der Waals surface area contributed by atoms with Crippen molar-refractivity contribution < 1.29 is 28.5 Å². The van der Waals surface area contributed by atoms with E-state index in [2.05, 4.69) is 0 Å². The van der Waals surface area contributed by atoms with Crippen LogP contribution in [0.25, 0.3) is 0 Å². The van der Waals surface area contributed by atoms with E-state index in [4.69, 9.17) is 0 Å². The minimum Gasteiger partial charge on any atom is -0.292 e. The maximum Gasteiger partial charge on any atom is 0.282 e. The van der Waals surface area contributed by atoms with Gasteiger partial charge in [0.15, 0.2) is 5.78 Å². The smallest absolute Gasteiger partial charge is 0.282 e.